The molecule has 0 saturated heterocycles. The zero-order valence-electron chi connectivity index (χ0n) is 15.6. The van der Waals surface area contributed by atoms with Gasteiger partial charge in [0.1, 0.15) is 0 Å². The molecule has 1 aliphatic rings. The van der Waals surface area contributed by atoms with Crippen molar-refractivity contribution in [1.29, 1.82) is 0 Å². The number of halogens is 1. The first-order chi connectivity index (χ1) is 11.3. The lowest BCUT2D eigenvalue weighted by Crippen LogP contribution is -2.18. The van der Waals surface area contributed by atoms with Gasteiger partial charge < -0.3 is 9.84 Å². The van der Waals surface area contributed by atoms with E-state index in [1.54, 1.807) is 0 Å². The molecule has 1 aliphatic carbocycles. The summed E-state index contributed by atoms with van der Waals surface area (Å²) in [5.41, 5.74) is 1.03. The van der Waals surface area contributed by atoms with Gasteiger partial charge in [0, 0.05) is 11.8 Å². The maximum absolute atomic E-state index is 9.60. The molecule has 0 heterocycles. The third kappa shape index (κ3) is 10.5. The van der Waals surface area contributed by atoms with Crippen molar-refractivity contribution in [2.45, 2.75) is 65.2 Å². The van der Waals surface area contributed by atoms with Gasteiger partial charge in [-0.05, 0) is 64.4 Å². The molecule has 0 spiro atoms. The lowest BCUT2D eigenvalue weighted by Gasteiger charge is -2.21. The Morgan fingerprint density at radius 2 is 2.04 bits per heavy atom. The predicted octanol–water partition coefficient (Wildman–Crippen LogP) is 5.95. The average molecular weight is 357 g/mol. The molecule has 3 nitrogen and oxygen atoms in total. The fourth-order valence-electron chi connectivity index (χ4n) is 2.78. The number of carbonyl (C=O) groups is 1. The Labute approximate surface area is 152 Å². The number of alkyl halides is 1. The highest BCUT2D eigenvalue weighted by atomic mass is 35.5. The van der Waals surface area contributed by atoms with E-state index in [0.29, 0.717) is 23.6 Å². The lowest BCUT2D eigenvalue weighted by atomic mass is 9.93. The van der Waals surface area contributed by atoms with Crippen LogP contribution in [-0.4, -0.2) is 23.1 Å². The molecule has 0 bridgehead atoms. The smallest absolute Gasteiger partial charge is 0.303 e. The predicted molar refractivity (Wildman–Crippen MR) is 102 cm³/mol. The Balaban J connectivity index is 0.000000754. The second kappa shape index (κ2) is 13.1. The SMILES string of the molecule is C=C(C)/C=C(\C)OCC1CCC(Cl)[C@@H]1C/C=C\C.CCCC(=O)O. The Morgan fingerprint density at radius 1 is 1.38 bits per heavy atom. The van der Waals surface area contributed by atoms with E-state index < -0.39 is 5.97 Å². The summed E-state index contributed by atoms with van der Waals surface area (Å²) in [6.45, 7) is 12.5. The highest BCUT2D eigenvalue weighted by Gasteiger charge is 2.34. The van der Waals surface area contributed by atoms with E-state index in [0.717, 1.165) is 37.2 Å². The fourth-order valence-corrected chi connectivity index (χ4v) is 3.21. The second-order valence-corrected chi connectivity index (χ2v) is 6.94. The van der Waals surface area contributed by atoms with Crippen molar-refractivity contribution in [1.82, 2.24) is 0 Å². The van der Waals surface area contributed by atoms with Gasteiger partial charge >= 0.3 is 5.97 Å². The summed E-state index contributed by atoms with van der Waals surface area (Å²) in [6, 6.07) is 0. The molecule has 0 radical (unpaired) electrons. The Morgan fingerprint density at radius 3 is 2.50 bits per heavy atom. The van der Waals surface area contributed by atoms with Crippen molar-refractivity contribution in [2.24, 2.45) is 11.8 Å². The minimum Gasteiger partial charge on any atom is -0.498 e. The quantitative estimate of drug-likeness (QED) is 0.253. The molecular weight excluding hydrogens is 324 g/mol. The third-order valence-electron chi connectivity index (χ3n) is 3.97. The van der Waals surface area contributed by atoms with Crippen LogP contribution in [-0.2, 0) is 9.53 Å². The molecule has 138 valence electrons. The van der Waals surface area contributed by atoms with Crippen LogP contribution in [0.5, 0.6) is 0 Å². The van der Waals surface area contributed by atoms with Gasteiger partial charge in [-0.25, -0.2) is 0 Å². The van der Waals surface area contributed by atoms with E-state index in [1.807, 2.05) is 26.8 Å². The van der Waals surface area contributed by atoms with Crippen LogP contribution in [0.25, 0.3) is 0 Å². The highest BCUT2D eigenvalue weighted by Crippen LogP contribution is 2.38. The molecule has 0 aromatic rings. The number of hydrogen-bond donors (Lipinski definition) is 1. The molecule has 24 heavy (non-hydrogen) atoms. The normalized spacial score (nSPS) is 23.7. The first-order valence-corrected chi connectivity index (χ1v) is 9.19. The third-order valence-corrected chi connectivity index (χ3v) is 4.51. The van der Waals surface area contributed by atoms with Crippen LogP contribution >= 0.6 is 11.6 Å². The number of rotatable bonds is 8. The fraction of sp³-hybridized carbons (Fsp3) is 0.650. The Bertz CT molecular complexity index is 440. The van der Waals surface area contributed by atoms with E-state index in [9.17, 15) is 4.79 Å². The van der Waals surface area contributed by atoms with Crippen LogP contribution in [0.3, 0.4) is 0 Å². The van der Waals surface area contributed by atoms with Crippen LogP contribution in [0.2, 0.25) is 0 Å². The largest absolute Gasteiger partial charge is 0.498 e. The van der Waals surface area contributed by atoms with Gasteiger partial charge in [0.05, 0.1) is 12.4 Å². The Kier molecular flexibility index (Phi) is 12.4. The summed E-state index contributed by atoms with van der Waals surface area (Å²) in [5, 5.41) is 8.22. The molecule has 0 aliphatic heterocycles. The summed E-state index contributed by atoms with van der Waals surface area (Å²) in [4.78, 5) is 9.60. The van der Waals surface area contributed by atoms with E-state index in [2.05, 4.69) is 25.7 Å². The molecule has 4 heteroatoms. The minimum atomic E-state index is -0.711. The number of carboxylic acids is 1. The molecule has 0 aromatic heterocycles. The van der Waals surface area contributed by atoms with Gasteiger partial charge in [-0.15, -0.1) is 11.6 Å². The van der Waals surface area contributed by atoms with Gasteiger partial charge in [0.25, 0.3) is 0 Å². The summed E-state index contributed by atoms with van der Waals surface area (Å²) >= 11 is 6.39. The van der Waals surface area contributed by atoms with E-state index >= 15 is 0 Å². The number of carboxylic acid groups (broad SMARTS) is 1. The van der Waals surface area contributed by atoms with Crippen molar-refractivity contribution < 1.29 is 14.6 Å². The molecular formula is C20H33ClO3. The van der Waals surface area contributed by atoms with Crippen LogP contribution in [0.15, 0.2) is 36.1 Å². The minimum absolute atomic E-state index is 0.292. The zero-order chi connectivity index (χ0) is 18.5. The monoisotopic (exact) mass is 356 g/mol. The highest BCUT2D eigenvalue weighted by molar-refractivity contribution is 6.21. The first-order valence-electron chi connectivity index (χ1n) is 8.75. The van der Waals surface area contributed by atoms with Gasteiger partial charge in [-0.2, -0.15) is 0 Å². The Hall–Kier alpha value is -1.22. The van der Waals surface area contributed by atoms with Crippen LogP contribution in [0, 0.1) is 11.8 Å². The van der Waals surface area contributed by atoms with Crippen LogP contribution in [0.1, 0.15) is 59.8 Å². The van der Waals surface area contributed by atoms with Crippen molar-refractivity contribution in [3.8, 4) is 0 Å². The van der Waals surface area contributed by atoms with Gasteiger partial charge in [0.2, 0.25) is 0 Å². The van der Waals surface area contributed by atoms with E-state index in [1.165, 1.54) is 6.42 Å². The summed E-state index contributed by atoms with van der Waals surface area (Å²) in [7, 11) is 0. The first kappa shape index (κ1) is 22.8. The van der Waals surface area contributed by atoms with E-state index in [4.69, 9.17) is 21.4 Å². The number of aliphatic carboxylic acids is 1. The standard InChI is InChI=1S/C16H25ClO.C4H8O2/c1-5-6-7-15-14(8-9-16(15)17)11-18-13(4)10-12(2)3;1-2-3-4(5)6/h5-6,10,14-16H,2,7-9,11H2,1,3-4H3;2-3H2,1H3,(H,5,6)/b6-5-,13-10+;/t14?,15-,16?;/m1./s1. The topological polar surface area (TPSA) is 46.5 Å². The molecule has 1 fully saturated rings. The molecule has 2 unspecified atom stereocenters. The van der Waals surface area contributed by atoms with Gasteiger partial charge in [-0.1, -0.05) is 31.2 Å². The summed E-state index contributed by atoms with van der Waals surface area (Å²) in [5.74, 6) is 1.38. The maximum Gasteiger partial charge on any atom is 0.303 e. The molecule has 3 atom stereocenters. The lowest BCUT2D eigenvalue weighted by molar-refractivity contribution is -0.137. The number of ether oxygens (including phenoxy) is 1. The summed E-state index contributed by atoms with van der Waals surface area (Å²) < 4.78 is 5.81. The van der Waals surface area contributed by atoms with Crippen molar-refractivity contribution in [2.75, 3.05) is 6.61 Å². The van der Waals surface area contributed by atoms with Crippen LogP contribution in [0.4, 0.5) is 0 Å². The van der Waals surface area contributed by atoms with Crippen molar-refractivity contribution in [3.05, 3.63) is 36.1 Å². The van der Waals surface area contributed by atoms with Crippen molar-refractivity contribution in [3.63, 3.8) is 0 Å². The molecule has 1 rings (SSSR count). The van der Waals surface area contributed by atoms with Gasteiger partial charge in [-0.3, -0.25) is 4.79 Å². The number of allylic oxidation sites excluding steroid dienone is 5. The second-order valence-electron chi connectivity index (χ2n) is 6.38. The van der Waals surface area contributed by atoms with Crippen molar-refractivity contribution >= 4 is 17.6 Å². The zero-order valence-corrected chi connectivity index (χ0v) is 16.3. The summed E-state index contributed by atoms with van der Waals surface area (Å²) in [6.07, 6.45) is 10.7. The molecule has 1 saturated carbocycles. The van der Waals surface area contributed by atoms with Crippen LogP contribution < -0.4 is 0 Å². The van der Waals surface area contributed by atoms with E-state index in [-0.39, 0.29) is 0 Å². The average Bonchev–Trinajstić information content (AvgIpc) is 2.83. The maximum atomic E-state index is 9.60. The number of hydrogen-bond acceptors (Lipinski definition) is 2. The molecule has 1 N–H and O–H groups in total. The molecule has 0 amide bonds. The van der Waals surface area contributed by atoms with Gasteiger partial charge in [0.15, 0.2) is 0 Å². The molecule has 0 aromatic carbocycles.